The van der Waals surface area contributed by atoms with E-state index in [9.17, 15) is 14.9 Å². The second-order valence-corrected chi connectivity index (χ2v) is 4.70. The zero-order chi connectivity index (χ0) is 14.7. The van der Waals surface area contributed by atoms with Gasteiger partial charge in [-0.05, 0) is 24.3 Å². The Kier molecular flexibility index (Phi) is 4.22. The summed E-state index contributed by atoms with van der Waals surface area (Å²) >= 11 is 11.7. The molecule has 0 aliphatic heterocycles. The number of carbonyl (C=O) groups is 1. The fourth-order valence-electron chi connectivity index (χ4n) is 1.60. The number of carbonyl (C=O) groups excluding carboxylic acids is 1. The standard InChI is InChI=1S/C13H8Cl2N2O3/c14-8-5-6-9(10(15)7-8)13(18)16-11-3-1-2-4-12(11)17(19)20/h1-7H,(H,16,18). The smallest absolute Gasteiger partial charge is 0.292 e. The van der Waals surface area contributed by atoms with Gasteiger partial charge in [0.2, 0.25) is 0 Å². The van der Waals surface area contributed by atoms with Crippen LogP contribution in [0.15, 0.2) is 42.5 Å². The molecule has 1 N–H and O–H groups in total. The van der Waals surface area contributed by atoms with Crippen LogP contribution in [0.2, 0.25) is 10.0 Å². The van der Waals surface area contributed by atoms with Crippen LogP contribution in [0.4, 0.5) is 11.4 Å². The van der Waals surface area contributed by atoms with Crippen LogP contribution in [0.1, 0.15) is 10.4 Å². The van der Waals surface area contributed by atoms with Crippen LogP contribution < -0.4 is 5.32 Å². The third-order valence-electron chi connectivity index (χ3n) is 2.52. The van der Waals surface area contributed by atoms with Crippen molar-refractivity contribution in [2.45, 2.75) is 0 Å². The molecule has 20 heavy (non-hydrogen) atoms. The summed E-state index contributed by atoms with van der Waals surface area (Å²) in [5.41, 5.74) is 0.105. The SMILES string of the molecule is O=C(Nc1ccccc1[N+](=O)[O-])c1ccc(Cl)cc1Cl. The third-order valence-corrected chi connectivity index (χ3v) is 3.07. The van der Waals surface area contributed by atoms with Crippen molar-refractivity contribution in [1.29, 1.82) is 0 Å². The van der Waals surface area contributed by atoms with Crippen LogP contribution >= 0.6 is 23.2 Å². The van der Waals surface area contributed by atoms with E-state index in [1.807, 2.05) is 0 Å². The number of halogens is 2. The number of hydrogen-bond acceptors (Lipinski definition) is 3. The molecule has 0 heterocycles. The molecule has 0 saturated heterocycles. The third kappa shape index (κ3) is 3.07. The minimum atomic E-state index is -0.570. The summed E-state index contributed by atoms with van der Waals surface area (Å²) in [6.45, 7) is 0. The van der Waals surface area contributed by atoms with E-state index >= 15 is 0 Å². The number of nitrogens with one attached hydrogen (secondary N) is 1. The lowest BCUT2D eigenvalue weighted by Crippen LogP contribution is -2.13. The molecule has 0 aromatic heterocycles. The summed E-state index contributed by atoms with van der Waals surface area (Å²) in [6.07, 6.45) is 0. The van der Waals surface area contributed by atoms with Gasteiger partial charge in [-0.15, -0.1) is 0 Å². The highest BCUT2D eigenvalue weighted by Crippen LogP contribution is 2.26. The van der Waals surface area contributed by atoms with E-state index in [4.69, 9.17) is 23.2 Å². The molecule has 0 aliphatic rings. The van der Waals surface area contributed by atoms with Gasteiger partial charge in [-0.2, -0.15) is 0 Å². The molecule has 2 rings (SSSR count). The predicted octanol–water partition coefficient (Wildman–Crippen LogP) is 4.15. The van der Waals surface area contributed by atoms with Crippen molar-refractivity contribution in [3.8, 4) is 0 Å². The number of benzene rings is 2. The molecular formula is C13H8Cl2N2O3. The summed E-state index contributed by atoms with van der Waals surface area (Å²) in [5.74, 6) is -0.541. The molecule has 2 aromatic carbocycles. The maximum atomic E-state index is 12.1. The van der Waals surface area contributed by atoms with E-state index < -0.39 is 10.8 Å². The van der Waals surface area contributed by atoms with Gasteiger partial charge < -0.3 is 5.32 Å². The summed E-state index contributed by atoms with van der Waals surface area (Å²) in [5, 5.41) is 13.9. The molecular weight excluding hydrogens is 303 g/mol. The molecule has 0 radical (unpaired) electrons. The molecule has 0 bridgehead atoms. The first-order valence-electron chi connectivity index (χ1n) is 5.49. The number of para-hydroxylation sites is 2. The Labute approximate surface area is 124 Å². The fraction of sp³-hybridized carbons (Fsp3) is 0. The van der Waals surface area contributed by atoms with Gasteiger partial charge in [-0.25, -0.2) is 0 Å². The van der Waals surface area contributed by atoms with Crippen LogP contribution in [-0.2, 0) is 0 Å². The average Bonchev–Trinajstić information content (AvgIpc) is 2.38. The molecule has 0 saturated carbocycles. The van der Waals surface area contributed by atoms with Crippen LogP contribution in [0, 0.1) is 10.1 Å². The number of nitro benzene ring substituents is 1. The molecule has 0 aliphatic carbocycles. The first-order chi connectivity index (χ1) is 9.49. The van der Waals surface area contributed by atoms with Crippen molar-refractivity contribution in [3.05, 3.63) is 68.2 Å². The predicted molar refractivity (Wildman–Crippen MR) is 77.5 cm³/mol. The zero-order valence-electron chi connectivity index (χ0n) is 9.97. The fourth-order valence-corrected chi connectivity index (χ4v) is 2.10. The molecule has 0 atom stereocenters. The van der Waals surface area contributed by atoms with Crippen molar-refractivity contribution < 1.29 is 9.72 Å². The molecule has 2 aromatic rings. The van der Waals surface area contributed by atoms with Gasteiger partial charge in [0.05, 0.1) is 15.5 Å². The van der Waals surface area contributed by atoms with E-state index in [1.54, 1.807) is 6.07 Å². The summed E-state index contributed by atoms with van der Waals surface area (Å²) in [7, 11) is 0. The lowest BCUT2D eigenvalue weighted by molar-refractivity contribution is -0.383. The summed E-state index contributed by atoms with van der Waals surface area (Å²) in [6, 6.07) is 10.3. The Morgan fingerprint density at radius 2 is 1.85 bits per heavy atom. The Balaban J connectivity index is 2.30. The molecule has 0 spiro atoms. The van der Waals surface area contributed by atoms with Crippen molar-refractivity contribution in [1.82, 2.24) is 0 Å². The minimum Gasteiger partial charge on any atom is -0.316 e. The van der Waals surface area contributed by atoms with Gasteiger partial charge in [0.1, 0.15) is 5.69 Å². The molecule has 1 amide bonds. The minimum absolute atomic E-state index is 0.105. The lowest BCUT2D eigenvalue weighted by Gasteiger charge is -2.07. The van der Waals surface area contributed by atoms with Crippen LogP contribution in [0.3, 0.4) is 0 Å². The van der Waals surface area contributed by atoms with Crippen LogP contribution in [0.5, 0.6) is 0 Å². The Hall–Kier alpha value is -2.11. The highest BCUT2D eigenvalue weighted by molar-refractivity contribution is 6.37. The van der Waals surface area contributed by atoms with Gasteiger partial charge in [0.25, 0.3) is 11.6 Å². The largest absolute Gasteiger partial charge is 0.316 e. The van der Waals surface area contributed by atoms with Gasteiger partial charge in [-0.3, -0.25) is 14.9 Å². The maximum Gasteiger partial charge on any atom is 0.292 e. The molecule has 0 fully saturated rings. The Bertz CT molecular complexity index is 689. The molecule has 102 valence electrons. The molecule has 7 heteroatoms. The quantitative estimate of drug-likeness (QED) is 0.683. The number of amides is 1. The van der Waals surface area contributed by atoms with Crippen molar-refractivity contribution in [2.75, 3.05) is 5.32 Å². The van der Waals surface area contributed by atoms with Crippen LogP contribution in [-0.4, -0.2) is 10.8 Å². The van der Waals surface area contributed by atoms with E-state index in [0.29, 0.717) is 5.02 Å². The average molecular weight is 311 g/mol. The summed E-state index contributed by atoms with van der Waals surface area (Å²) in [4.78, 5) is 22.4. The number of anilines is 1. The van der Waals surface area contributed by atoms with E-state index in [1.165, 1.54) is 36.4 Å². The van der Waals surface area contributed by atoms with E-state index in [-0.39, 0.29) is 22.0 Å². The van der Waals surface area contributed by atoms with Crippen molar-refractivity contribution >= 4 is 40.5 Å². The van der Waals surface area contributed by atoms with E-state index in [2.05, 4.69) is 5.32 Å². The van der Waals surface area contributed by atoms with Crippen molar-refractivity contribution in [3.63, 3.8) is 0 Å². The highest BCUT2D eigenvalue weighted by Gasteiger charge is 2.17. The number of nitro groups is 1. The Morgan fingerprint density at radius 3 is 2.50 bits per heavy atom. The number of rotatable bonds is 3. The molecule has 5 nitrogen and oxygen atoms in total. The van der Waals surface area contributed by atoms with Gasteiger partial charge in [0.15, 0.2) is 0 Å². The first kappa shape index (κ1) is 14.3. The summed E-state index contributed by atoms with van der Waals surface area (Å²) < 4.78 is 0. The van der Waals surface area contributed by atoms with Crippen molar-refractivity contribution in [2.24, 2.45) is 0 Å². The van der Waals surface area contributed by atoms with Gasteiger partial charge in [0, 0.05) is 11.1 Å². The maximum absolute atomic E-state index is 12.1. The number of hydrogen-bond donors (Lipinski definition) is 1. The first-order valence-corrected chi connectivity index (χ1v) is 6.24. The van der Waals surface area contributed by atoms with Gasteiger partial charge in [-0.1, -0.05) is 35.3 Å². The Morgan fingerprint density at radius 1 is 1.15 bits per heavy atom. The zero-order valence-corrected chi connectivity index (χ0v) is 11.5. The highest BCUT2D eigenvalue weighted by atomic mass is 35.5. The lowest BCUT2D eigenvalue weighted by atomic mass is 10.2. The second-order valence-electron chi connectivity index (χ2n) is 3.85. The van der Waals surface area contributed by atoms with Gasteiger partial charge >= 0.3 is 0 Å². The number of nitrogens with zero attached hydrogens (tertiary/aromatic N) is 1. The molecule has 0 unspecified atom stereocenters. The van der Waals surface area contributed by atoms with E-state index in [0.717, 1.165) is 0 Å². The monoisotopic (exact) mass is 310 g/mol. The van der Waals surface area contributed by atoms with Crippen LogP contribution in [0.25, 0.3) is 0 Å². The normalized spacial score (nSPS) is 10.1. The second kappa shape index (κ2) is 5.90. The topological polar surface area (TPSA) is 72.2 Å².